The fraction of sp³-hybridized carbons (Fsp3) is 0.385. The van der Waals surface area contributed by atoms with E-state index >= 15 is 0 Å². The van der Waals surface area contributed by atoms with Gasteiger partial charge in [-0.2, -0.15) is 0 Å². The summed E-state index contributed by atoms with van der Waals surface area (Å²) < 4.78 is 0. The van der Waals surface area contributed by atoms with Crippen LogP contribution in [0.25, 0.3) is 0 Å². The predicted octanol–water partition coefficient (Wildman–Crippen LogP) is 0.937. The average molecular weight is 286 g/mol. The molecular weight excluding hydrogens is 266 g/mol. The fourth-order valence-corrected chi connectivity index (χ4v) is 1.52. The second kappa shape index (κ2) is 9.35. The zero-order valence-corrected chi connectivity index (χ0v) is 11.8. The van der Waals surface area contributed by atoms with Crippen LogP contribution in [0.15, 0.2) is 24.3 Å². The third-order valence-electron chi connectivity index (χ3n) is 2.53. The quantitative estimate of drug-likeness (QED) is 0.680. The van der Waals surface area contributed by atoms with E-state index in [1.165, 1.54) is 0 Å². The molecule has 0 radical (unpaired) electrons. The highest BCUT2D eigenvalue weighted by Gasteiger charge is 2.08. The molecule has 2 amide bonds. The molecule has 0 saturated carbocycles. The van der Waals surface area contributed by atoms with E-state index in [4.69, 9.17) is 5.73 Å². The third kappa shape index (κ3) is 5.72. The van der Waals surface area contributed by atoms with Gasteiger partial charge < -0.3 is 16.4 Å². The molecule has 0 heterocycles. The maximum atomic E-state index is 11.8. The van der Waals surface area contributed by atoms with Crippen molar-refractivity contribution in [2.45, 2.75) is 12.8 Å². The maximum Gasteiger partial charge on any atom is 0.251 e. The minimum absolute atomic E-state index is 0. The SMILES string of the molecule is CNC(=O)c1cccc(C(=O)NCCCCN)c1.Cl. The van der Waals surface area contributed by atoms with Crippen LogP contribution >= 0.6 is 12.4 Å². The average Bonchev–Trinajstić information content (AvgIpc) is 2.42. The van der Waals surface area contributed by atoms with Crippen molar-refractivity contribution in [1.29, 1.82) is 0 Å². The summed E-state index contributed by atoms with van der Waals surface area (Å²) in [7, 11) is 1.56. The number of carbonyl (C=O) groups is 2. The summed E-state index contributed by atoms with van der Waals surface area (Å²) in [6.45, 7) is 1.22. The van der Waals surface area contributed by atoms with E-state index in [-0.39, 0.29) is 24.2 Å². The standard InChI is InChI=1S/C13H19N3O2.ClH/c1-15-12(17)10-5-4-6-11(9-10)13(18)16-8-3-2-7-14;/h4-6,9H,2-3,7-8,14H2,1H3,(H,15,17)(H,16,18);1H. The Morgan fingerprint density at radius 3 is 2.37 bits per heavy atom. The van der Waals surface area contributed by atoms with Gasteiger partial charge in [0.1, 0.15) is 0 Å². The summed E-state index contributed by atoms with van der Waals surface area (Å²) in [4.78, 5) is 23.2. The lowest BCUT2D eigenvalue weighted by Gasteiger charge is -2.06. The minimum atomic E-state index is -0.201. The number of rotatable bonds is 6. The van der Waals surface area contributed by atoms with E-state index in [0.717, 1.165) is 12.8 Å². The highest BCUT2D eigenvalue weighted by molar-refractivity contribution is 5.99. The van der Waals surface area contributed by atoms with Crippen molar-refractivity contribution in [3.8, 4) is 0 Å². The number of hydrogen-bond donors (Lipinski definition) is 3. The van der Waals surface area contributed by atoms with Gasteiger partial charge in [0.05, 0.1) is 0 Å². The lowest BCUT2D eigenvalue weighted by molar-refractivity contribution is 0.0953. The molecule has 0 fully saturated rings. The lowest BCUT2D eigenvalue weighted by atomic mass is 10.1. The van der Waals surface area contributed by atoms with Gasteiger partial charge >= 0.3 is 0 Å². The zero-order valence-electron chi connectivity index (χ0n) is 10.9. The molecule has 4 N–H and O–H groups in total. The molecule has 0 bridgehead atoms. The number of nitrogens with two attached hydrogens (primary N) is 1. The van der Waals surface area contributed by atoms with Crippen LogP contribution in [0.2, 0.25) is 0 Å². The Kier molecular flexibility index (Phi) is 8.57. The molecule has 0 aromatic heterocycles. The van der Waals surface area contributed by atoms with Crippen molar-refractivity contribution in [1.82, 2.24) is 10.6 Å². The van der Waals surface area contributed by atoms with Crippen molar-refractivity contribution in [2.75, 3.05) is 20.1 Å². The van der Waals surface area contributed by atoms with Gasteiger partial charge in [0.15, 0.2) is 0 Å². The largest absolute Gasteiger partial charge is 0.355 e. The molecule has 0 aliphatic heterocycles. The number of amides is 2. The van der Waals surface area contributed by atoms with Crippen LogP contribution in [0.3, 0.4) is 0 Å². The lowest BCUT2D eigenvalue weighted by Crippen LogP contribution is -2.25. The molecule has 19 heavy (non-hydrogen) atoms. The van der Waals surface area contributed by atoms with E-state index < -0.39 is 0 Å². The molecule has 1 aromatic rings. The molecule has 5 nitrogen and oxygen atoms in total. The first-order valence-electron chi connectivity index (χ1n) is 5.99. The molecule has 0 atom stereocenters. The topological polar surface area (TPSA) is 84.2 Å². The molecule has 0 spiro atoms. The van der Waals surface area contributed by atoms with Gasteiger partial charge in [-0.3, -0.25) is 9.59 Å². The van der Waals surface area contributed by atoms with Crippen LogP contribution in [0.4, 0.5) is 0 Å². The number of hydrogen-bond acceptors (Lipinski definition) is 3. The Morgan fingerprint density at radius 2 is 1.79 bits per heavy atom. The Balaban J connectivity index is 0.00000324. The van der Waals surface area contributed by atoms with Gasteiger partial charge in [0.2, 0.25) is 0 Å². The molecule has 0 saturated heterocycles. The van der Waals surface area contributed by atoms with Crippen LogP contribution in [0, 0.1) is 0 Å². The van der Waals surface area contributed by atoms with E-state index in [1.807, 2.05) is 0 Å². The summed E-state index contributed by atoms with van der Waals surface area (Å²) in [5.74, 6) is -0.370. The van der Waals surface area contributed by atoms with Gasteiger partial charge in [-0.25, -0.2) is 0 Å². The summed E-state index contributed by atoms with van der Waals surface area (Å²) >= 11 is 0. The van der Waals surface area contributed by atoms with E-state index in [1.54, 1.807) is 31.3 Å². The second-order valence-corrected chi connectivity index (χ2v) is 3.91. The molecule has 106 valence electrons. The third-order valence-corrected chi connectivity index (χ3v) is 2.53. The molecule has 6 heteroatoms. The number of benzene rings is 1. The van der Waals surface area contributed by atoms with E-state index in [0.29, 0.717) is 24.2 Å². The van der Waals surface area contributed by atoms with Crippen LogP contribution < -0.4 is 16.4 Å². The first-order chi connectivity index (χ1) is 8.69. The molecule has 0 aliphatic carbocycles. The van der Waals surface area contributed by atoms with Crippen molar-refractivity contribution < 1.29 is 9.59 Å². The number of halogens is 1. The highest BCUT2D eigenvalue weighted by Crippen LogP contribution is 2.05. The van der Waals surface area contributed by atoms with Crippen molar-refractivity contribution in [2.24, 2.45) is 5.73 Å². The smallest absolute Gasteiger partial charge is 0.251 e. The van der Waals surface area contributed by atoms with Gasteiger partial charge in [-0.1, -0.05) is 6.07 Å². The van der Waals surface area contributed by atoms with Gasteiger partial charge in [-0.15, -0.1) is 12.4 Å². The Bertz CT molecular complexity index is 424. The summed E-state index contributed by atoms with van der Waals surface area (Å²) in [5, 5.41) is 5.31. The van der Waals surface area contributed by atoms with E-state index in [9.17, 15) is 9.59 Å². The van der Waals surface area contributed by atoms with Crippen LogP contribution in [-0.4, -0.2) is 32.0 Å². The minimum Gasteiger partial charge on any atom is -0.355 e. The Labute approximate surface area is 119 Å². The number of nitrogens with one attached hydrogen (secondary N) is 2. The summed E-state index contributed by atoms with van der Waals surface area (Å²) in [6, 6.07) is 6.63. The number of carbonyl (C=O) groups excluding carboxylic acids is 2. The van der Waals surface area contributed by atoms with Crippen LogP contribution in [0.1, 0.15) is 33.6 Å². The molecule has 0 unspecified atom stereocenters. The van der Waals surface area contributed by atoms with Crippen molar-refractivity contribution in [3.63, 3.8) is 0 Å². The van der Waals surface area contributed by atoms with Crippen molar-refractivity contribution in [3.05, 3.63) is 35.4 Å². The predicted molar refractivity (Wildman–Crippen MR) is 77.7 cm³/mol. The number of unbranched alkanes of at least 4 members (excludes halogenated alkanes) is 1. The monoisotopic (exact) mass is 285 g/mol. The Hall–Kier alpha value is -1.59. The van der Waals surface area contributed by atoms with Gasteiger partial charge in [-0.05, 0) is 37.6 Å². The second-order valence-electron chi connectivity index (χ2n) is 3.91. The van der Waals surface area contributed by atoms with Gasteiger partial charge in [0, 0.05) is 24.7 Å². The molecular formula is C13H20ClN3O2. The van der Waals surface area contributed by atoms with Crippen LogP contribution in [0.5, 0.6) is 0 Å². The van der Waals surface area contributed by atoms with Crippen molar-refractivity contribution >= 4 is 24.2 Å². The first-order valence-corrected chi connectivity index (χ1v) is 5.99. The summed E-state index contributed by atoms with van der Waals surface area (Å²) in [6.07, 6.45) is 1.75. The van der Waals surface area contributed by atoms with Crippen LogP contribution in [-0.2, 0) is 0 Å². The molecule has 1 rings (SSSR count). The fourth-order valence-electron chi connectivity index (χ4n) is 1.52. The zero-order chi connectivity index (χ0) is 13.4. The maximum absolute atomic E-state index is 11.8. The Morgan fingerprint density at radius 1 is 1.16 bits per heavy atom. The molecule has 0 aliphatic rings. The summed E-state index contributed by atoms with van der Waals surface area (Å²) in [5.41, 5.74) is 6.34. The highest BCUT2D eigenvalue weighted by atomic mass is 35.5. The normalized spacial score (nSPS) is 9.37. The van der Waals surface area contributed by atoms with E-state index in [2.05, 4.69) is 10.6 Å². The molecule has 1 aromatic carbocycles. The van der Waals surface area contributed by atoms with Gasteiger partial charge in [0.25, 0.3) is 11.8 Å². The first kappa shape index (κ1) is 17.4.